The number of nitrogens with zero attached hydrogens (tertiary/aromatic N) is 2. The Bertz CT molecular complexity index is 476. The van der Waals surface area contributed by atoms with Crippen molar-refractivity contribution in [1.29, 1.82) is 0 Å². The number of rotatable bonds is 6. The van der Waals surface area contributed by atoms with Crippen LogP contribution in [0.2, 0.25) is 0 Å². The van der Waals surface area contributed by atoms with E-state index in [4.69, 9.17) is 9.84 Å². The number of carboxylic acid groups (broad SMARTS) is 1. The number of morpholine rings is 1. The molecule has 2 aliphatic carbocycles. The summed E-state index contributed by atoms with van der Waals surface area (Å²) in [6.45, 7) is 2.92. The van der Waals surface area contributed by atoms with Crippen LogP contribution in [0.15, 0.2) is 0 Å². The minimum atomic E-state index is -0.853. The lowest BCUT2D eigenvalue weighted by molar-refractivity contribution is -0.138. The van der Waals surface area contributed by atoms with Gasteiger partial charge in [-0.15, -0.1) is 0 Å². The Labute approximate surface area is 143 Å². The highest BCUT2D eigenvalue weighted by atomic mass is 16.5. The number of carbonyl (C=O) groups excluding carboxylic acids is 1. The highest BCUT2D eigenvalue weighted by Crippen LogP contribution is 2.53. The van der Waals surface area contributed by atoms with Gasteiger partial charge < -0.3 is 20.1 Å². The molecule has 7 nitrogen and oxygen atoms in total. The van der Waals surface area contributed by atoms with Crippen molar-refractivity contribution in [2.24, 2.45) is 11.3 Å². The SMILES string of the molecule is CN(CC(=O)O)CC1CN(C(=O)NCC23CCC(CC2)C3)CCO1. The largest absolute Gasteiger partial charge is 0.480 e. The van der Waals surface area contributed by atoms with Crippen LogP contribution in [0.25, 0.3) is 0 Å². The molecule has 1 heterocycles. The van der Waals surface area contributed by atoms with Crippen LogP contribution in [0.3, 0.4) is 0 Å². The summed E-state index contributed by atoms with van der Waals surface area (Å²) in [5.74, 6) is 0.0352. The van der Waals surface area contributed by atoms with Gasteiger partial charge in [0.1, 0.15) is 0 Å². The van der Waals surface area contributed by atoms with Crippen LogP contribution in [0.5, 0.6) is 0 Å². The second-order valence-corrected chi connectivity index (χ2v) is 7.84. The van der Waals surface area contributed by atoms with Crippen LogP contribution in [0.4, 0.5) is 4.79 Å². The molecule has 1 aliphatic heterocycles. The van der Waals surface area contributed by atoms with Crippen molar-refractivity contribution in [3.63, 3.8) is 0 Å². The van der Waals surface area contributed by atoms with E-state index in [2.05, 4.69) is 5.32 Å². The molecule has 1 saturated heterocycles. The summed E-state index contributed by atoms with van der Waals surface area (Å²) in [6, 6.07) is -0.00564. The van der Waals surface area contributed by atoms with Gasteiger partial charge in [-0.2, -0.15) is 0 Å². The topological polar surface area (TPSA) is 82.1 Å². The van der Waals surface area contributed by atoms with E-state index in [0.717, 1.165) is 12.5 Å². The number of amides is 2. The van der Waals surface area contributed by atoms with Gasteiger partial charge in [0.15, 0.2) is 0 Å². The van der Waals surface area contributed by atoms with E-state index >= 15 is 0 Å². The summed E-state index contributed by atoms with van der Waals surface area (Å²) in [5, 5.41) is 12.0. The zero-order valence-electron chi connectivity index (χ0n) is 14.5. The summed E-state index contributed by atoms with van der Waals surface area (Å²) in [4.78, 5) is 26.7. The van der Waals surface area contributed by atoms with Crippen molar-refractivity contribution in [1.82, 2.24) is 15.1 Å². The standard InChI is InChI=1S/C17H29N3O4/c1-19(11-15(21)22)9-14-10-20(6-7-24-14)16(23)18-12-17-4-2-13(8-17)3-5-17/h13-14H,2-12H2,1H3,(H,18,23)(H,21,22). The van der Waals surface area contributed by atoms with Crippen LogP contribution < -0.4 is 5.32 Å². The molecule has 0 aromatic carbocycles. The molecule has 1 atom stereocenters. The fourth-order valence-electron chi connectivity index (χ4n) is 4.59. The molecule has 136 valence electrons. The average Bonchev–Trinajstić information content (AvgIpc) is 3.13. The Kier molecular flexibility index (Phi) is 5.30. The summed E-state index contributed by atoms with van der Waals surface area (Å²) < 4.78 is 5.68. The fourth-order valence-corrected chi connectivity index (χ4v) is 4.59. The van der Waals surface area contributed by atoms with E-state index in [1.807, 2.05) is 0 Å². The van der Waals surface area contributed by atoms with Crippen LogP contribution in [-0.4, -0.2) is 79.4 Å². The molecule has 0 radical (unpaired) electrons. The maximum Gasteiger partial charge on any atom is 0.317 e. The van der Waals surface area contributed by atoms with E-state index in [9.17, 15) is 9.59 Å². The Morgan fingerprint density at radius 2 is 2.12 bits per heavy atom. The number of likely N-dealkylation sites (N-methyl/N-ethyl adjacent to an activating group) is 1. The zero-order chi connectivity index (χ0) is 17.2. The minimum absolute atomic E-state index is 0.00564. The quantitative estimate of drug-likeness (QED) is 0.754. The van der Waals surface area contributed by atoms with Crippen molar-refractivity contribution in [2.75, 3.05) is 46.4 Å². The molecule has 2 saturated carbocycles. The molecule has 24 heavy (non-hydrogen) atoms. The zero-order valence-corrected chi connectivity index (χ0v) is 14.5. The molecule has 3 aliphatic rings. The van der Waals surface area contributed by atoms with Crippen molar-refractivity contribution in [3.05, 3.63) is 0 Å². The van der Waals surface area contributed by atoms with Crippen LogP contribution in [0.1, 0.15) is 32.1 Å². The first-order valence-electron chi connectivity index (χ1n) is 9.00. The highest BCUT2D eigenvalue weighted by molar-refractivity contribution is 5.74. The van der Waals surface area contributed by atoms with Gasteiger partial charge in [-0.25, -0.2) is 4.79 Å². The fraction of sp³-hybridized carbons (Fsp3) is 0.882. The molecule has 3 fully saturated rings. The highest BCUT2D eigenvalue weighted by Gasteiger charge is 2.44. The van der Waals surface area contributed by atoms with Gasteiger partial charge in [0, 0.05) is 26.2 Å². The van der Waals surface area contributed by atoms with Gasteiger partial charge in [0.05, 0.1) is 19.3 Å². The smallest absolute Gasteiger partial charge is 0.317 e. The van der Waals surface area contributed by atoms with Gasteiger partial charge in [-0.3, -0.25) is 9.69 Å². The predicted molar refractivity (Wildman–Crippen MR) is 88.9 cm³/mol. The molecule has 2 bridgehead atoms. The third kappa shape index (κ3) is 4.19. The number of hydrogen-bond donors (Lipinski definition) is 2. The van der Waals surface area contributed by atoms with Gasteiger partial charge in [0.25, 0.3) is 0 Å². The van der Waals surface area contributed by atoms with Gasteiger partial charge in [-0.05, 0) is 50.5 Å². The number of urea groups is 1. The summed E-state index contributed by atoms with van der Waals surface area (Å²) in [6.07, 6.45) is 6.30. The maximum absolute atomic E-state index is 12.5. The van der Waals surface area contributed by atoms with Gasteiger partial charge >= 0.3 is 12.0 Å². The Hall–Kier alpha value is -1.34. The summed E-state index contributed by atoms with van der Waals surface area (Å²) >= 11 is 0. The monoisotopic (exact) mass is 339 g/mol. The molecule has 1 unspecified atom stereocenters. The summed E-state index contributed by atoms with van der Waals surface area (Å²) in [7, 11) is 1.76. The number of carboxylic acids is 1. The van der Waals surface area contributed by atoms with E-state index in [1.54, 1.807) is 16.8 Å². The number of nitrogens with one attached hydrogen (secondary N) is 1. The lowest BCUT2D eigenvalue weighted by atomic mass is 9.84. The molecule has 7 heteroatoms. The second kappa shape index (κ2) is 7.27. The molecule has 3 rings (SSSR count). The van der Waals surface area contributed by atoms with Crippen LogP contribution >= 0.6 is 0 Å². The Morgan fingerprint density at radius 1 is 1.38 bits per heavy atom. The van der Waals surface area contributed by atoms with E-state index in [1.165, 1.54) is 32.1 Å². The number of ether oxygens (including phenoxy) is 1. The molecule has 0 spiro atoms. The number of fused-ring (bicyclic) bond motifs is 2. The van der Waals surface area contributed by atoms with Gasteiger partial charge in [0.2, 0.25) is 0 Å². The number of carbonyl (C=O) groups is 2. The van der Waals surface area contributed by atoms with E-state index < -0.39 is 5.97 Å². The van der Waals surface area contributed by atoms with Crippen LogP contribution in [-0.2, 0) is 9.53 Å². The van der Waals surface area contributed by atoms with Crippen LogP contribution in [0, 0.1) is 11.3 Å². The summed E-state index contributed by atoms with van der Waals surface area (Å²) in [5.41, 5.74) is 0.355. The second-order valence-electron chi connectivity index (χ2n) is 7.84. The van der Waals surface area contributed by atoms with Crippen molar-refractivity contribution in [3.8, 4) is 0 Å². The van der Waals surface area contributed by atoms with Crippen molar-refractivity contribution in [2.45, 2.75) is 38.2 Å². The molecular weight excluding hydrogens is 310 g/mol. The van der Waals surface area contributed by atoms with Crippen molar-refractivity contribution >= 4 is 12.0 Å². The molecule has 0 aromatic rings. The minimum Gasteiger partial charge on any atom is -0.480 e. The first-order chi connectivity index (χ1) is 11.5. The first-order valence-corrected chi connectivity index (χ1v) is 9.00. The Morgan fingerprint density at radius 3 is 2.75 bits per heavy atom. The van der Waals surface area contributed by atoms with Crippen molar-refractivity contribution < 1.29 is 19.4 Å². The molecular formula is C17H29N3O4. The number of aliphatic carboxylic acids is 1. The van der Waals surface area contributed by atoms with E-state index in [-0.39, 0.29) is 18.7 Å². The molecule has 0 aromatic heterocycles. The lowest BCUT2D eigenvalue weighted by Crippen LogP contribution is -2.53. The predicted octanol–water partition coefficient (Wildman–Crippen LogP) is 0.994. The normalized spacial score (nSPS) is 32.3. The number of hydrogen-bond acceptors (Lipinski definition) is 4. The maximum atomic E-state index is 12.5. The molecule has 2 amide bonds. The third-order valence-corrected chi connectivity index (χ3v) is 5.85. The lowest BCUT2D eigenvalue weighted by Gasteiger charge is -2.35. The third-order valence-electron chi connectivity index (χ3n) is 5.85. The molecule has 2 N–H and O–H groups in total. The van der Waals surface area contributed by atoms with Gasteiger partial charge in [-0.1, -0.05) is 0 Å². The average molecular weight is 339 g/mol. The Balaban J connectivity index is 1.44. The van der Waals surface area contributed by atoms with E-state index in [0.29, 0.717) is 31.7 Å². The first kappa shape index (κ1) is 17.5.